The molecule has 1 rings (SSSR count). The van der Waals surface area contributed by atoms with E-state index in [2.05, 4.69) is 17.9 Å². The molecule has 4 heteroatoms. The molecular formula is C12H23N3O. The standard InChI is InChI=1S/C12H23N3O/c1-11-4-8-15(9-5-11)10-12(16)14(2)7-3-6-13/h4H,3,5-10,13H2,1-2H3. The van der Waals surface area contributed by atoms with Crippen molar-refractivity contribution >= 4 is 5.91 Å². The largest absolute Gasteiger partial charge is 0.345 e. The van der Waals surface area contributed by atoms with Gasteiger partial charge in [-0.15, -0.1) is 0 Å². The van der Waals surface area contributed by atoms with Gasteiger partial charge in [-0.2, -0.15) is 0 Å². The minimum Gasteiger partial charge on any atom is -0.345 e. The Hall–Kier alpha value is -0.870. The van der Waals surface area contributed by atoms with E-state index >= 15 is 0 Å². The predicted molar refractivity (Wildman–Crippen MR) is 66.1 cm³/mol. The molecule has 0 fully saturated rings. The molecule has 4 nitrogen and oxygen atoms in total. The summed E-state index contributed by atoms with van der Waals surface area (Å²) in [6.45, 7) is 5.99. The van der Waals surface area contributed by atoms with Gasteiger partial charge in [-0.3, -0.25) is 9.69 Å². The van der Waals surface area contributed by atoms with Crippen molar-refractivity contribution in [1.82, 2.24) is 9.80 Å². The van der Waals surface area contributed by atoms with Crippen LogP contribution in [-0.2, 0) is 4.79 Å². The molecular weight excluding hydrogens is 202 g/mol. The molecule has 0 unspecified atom stereocenters. The number of hydrogen-bond acceptors (Lipinski definition) is 3. The van der Waals surface area contributed by atoms with E-state index in [1.54, 1.807) is 4.90 Å². The smallest absolute Gasteiger partial charge is 0.236 e. The molecule has 0 saturated carbocycles. The van der Waals surface area contributed by atoms with Crippen molar-refractivity contribution < 1.29 is 4.79 Å². The van der Waals surface area contributed by atoms with E-state index in [1.807, 2.05) is 7.05 Å². The second-order valence-corrected chi connectivity index (χ2v) is 4.49. The van der Waals surface area contributed by atoms with Crippen LogP contribution >= 0.6 is 0 Å². The Bertz CT molecular complexity index is 263. The summed E-state index contributed by atoms with van der Waals surface area (Å²) in [5, 5.41) is 0. The molecule has 0 aromatic heterocycles. The fraction of sp³-hybridized carbons (Fsp3) is 0.750. The van der Waals surface area contributed by atoms with Gasteiger partial charge in [0.05, 0.1) is 6.54 Å². The lowest BCUT2D eigenvalue weighted by Crippen LogP contribution is -2.40. The van der Waals surface area contributed by atoms with E-state index in [4.69, 9.17) is 5.73 Å². The minimum atomic E-state index is 0.196. The average molecular weight is 225 g/mol. The quantitative estimate of drug-likeness (QED) is 0.691. The third-order valence-electron chi connectivity index (χ3n) is 3.00. The third kappa shape index (κ3) is 4.33. The molecule has 92 valence electrons. The Kier molecular flexibility index (Phi) is 5.49. The summed E-state index contributed by atoms with van der Waals surface area (Å²) >= 11 is 0. The van der Waals surface area contributed by atoms with E-state index in [1.165, 1.54) is 5.57 Å². The fourth-order valence-corrected chi connectivity index (χ4v) is 1.72. The number of nitrogens with zero attached hydrogens (tertiary/aromatic N) is 2. The maximum Gasteiger partial charge on any atom is 0.236 e. The zero-order chi connectivity index (χ0) is 12.0. The molecule has 0 aliphatic carbocycles. The Morgan fingerprint density at radius 3 is 2.94 bits per heavy atom. The van der Waals surface area contributed by atoms with Crippen molar-refractivity contribution in [2.24, 2.45) is 5.73 Å². The SMILES string of the molecule is CC1=CCN(CC(=O)N(C)CCCN)CC1. The molecule has 0 radical (unpaired) electrons. The summed E-state index contributed by atoms with van der Waals surface area (Å²) < 4.78 is 0. The zero-order valence-corrected chi connectivity index (χ0v) is 10.4. The number of rotatable bonds is 5. The highest BCUT2D eigenvalue weighted by atomic mass is 16.2. The fourth-order valence-electron chi connectivity index (χ4n) is 1.72. The van der Waals surface area contributed by atoms with Gasteiger partial charge in [0, 0.05) is 26.7 Å². The van der Waals surface area contributed by atoms with Gasteiger partial charge in [-0.05, 0) is 26.3 Å². The highest BCUT2D eigenvalue weighted by Crippen LogP contribution is 2.09. The topological polar surface area (TPSA) is 49.6 Å². The summed E-state index contributed by atoms with van der Waals surface area (Å²) in [5.41, 5.74) is 6.85. The highest BCUT2D eigenvalue weighted by Gasteiger charge is 2.15. The molecule has 1 aliphatic heterocycles. The van der Waals surface area contributed by atoms with Gasteiger partial charge >= 0.3 is 0 Å². The Morgan fingerprint density at radius 2 is 2.38 bits per heavy atom. The summed E-state index contributed by atoms with van der Waals surface area (Å²) in [5.74, 6) is 0.196. The first-order valence-corrected chi connectivity index (χ1v) is 5.95. The molecule has 0 aromatic carbocycles. The van der Waals surface area contributed by atoms with Gasteiger partial charge in [-0.25, -0.2) is 0 Å². The van der Waals surface area contributed by atoms with Crippen molar-refractivity contribution in [1.29, 1.82) is 0 Å². The first-order valence-electron chi connectivity index (χ1n) is 5.95. The zero-order valence-electron chi connectivity index (χ0n) is 10.4. The number of hydrogen-bond donors (Lipinski definition) is 1. The van der Waals surface area contributed by atoms with Crippen molar-refractivity contribution in [3.05, 3.63) is 11.6 Å². The van der Waals surface area contributed by atoms with Crippen LogP contribution in [-0.4, -0.2) is 55.5 Å². The van der Waals surface area contributed by atoms with Crippen LogP contribution in [0.25, 0.3) is 0 Å². The third-order valence-corrected chi connectivity index (χ3v) is 3.00. The van der Waals surface area contributed by atoms with Gasteiger partial charge in [-0.1, -0.05) is 11.6 Å². The number of amides is 1. The lowest BCUT2D eigenvalue weighted by atomic mass is 10.1. The maximum atomic E-state index is 11.8. The lowest BCUT2D eigenvalue weighted by Gasteiger charge is -2.27. The minimum absolute atomic E-state index is 0.196. The van der Waals surface area contributed by atoms with Gasteiger partial charge in [0.2, 0.25) is 5.91 Å². The van der Waals surface area contributed by atoms with Crippen LogP contribution in [0.4, 0.5) is 0 Å². The molecule has 16 heavy (non-hydrogen) atoms. The van der Waals surface area contributed by atoms with E-state index in [0.29, 0.717) is 13.1 Å². The highest BCUT2D eigenvalue weighted by molar-refractivity contribution is 5.78. The molecule has 2 N–H and O–H groups in total. The monoisotopic (exact) mass is 225 g/mol. The molecule has 0 aromatic rings. The van der Waals surface area contributed by atoms with E-state index < -0.39 is 0 Å². The number of nitrogens with two attached hydrogens (primary N) is 1. The van der Waals surface area contributed by atoms with E-state index in [9.17, 15) is 4.79 Å². The normalized spacial score (nSPS) is 17.1. The first kappa shape index (κ1) is 13.2. The van der Waals surface area contributed by atoms with Gasteiger partial charge in [0.25, 0.3) is 0 Å². The van der Waals surface area contributed by atoms with Crippen LogP contribution in [0, 0.1) is 0 Å². The lowest BCUT2D eigenvalue weighted by molar-refractivity contribution is -0.131. The van der Waals surface area contributed by atoms with Crippen LogP contribution in [0.15, 0.2) is 11.6 Å². The molecule has 1 amide bonds. The number of carbonyl (C=O) groups excluding carboxylic acids is 1. The summed E-state index contributed by atoms with van der Waals surface area (Å²) in [7, 11) is 1.85. The molecule has 0 atom stereocenters. The predicted octanol–water partition coefficient (Wildman–Crippen LogP) is 0.446. The van der Waals surface area contributed by atoms with Crippen LogP contribution < -0.4 is 5.73 Å². The Balaban J connectivity index is 2.28. The molecule has 0 saturated heterocycles. The maximum absolute atomic E-state index is 11.8. The molecule has 1 aliphatic rings. The summed E-state index contributed by atoms with van der Waals surface area (Å²) in [6, 6.07) is 0. The first-order chi connectivity index (χ1) is 7.63. The van der Waals surface area contributed by atoms with Crippen LogP contribution in [0.5, 0.6) is 0 Å². The van der Waals surface area contributed by atoms with Crippen LogP contribution in [0.2, 0.25) is 0 Å². The van der Waals surface area contributed by atoms with Crippen molar-refractivity contribution in [3.63, 3.8) is 0 Å². The van der Waals surface area contributed by atoms with Gasteiger partial charge < -0.3 is 10.6 Å². The molecule has 0 spiro atoms. The van der Waals surface area contributed by atoms with Crippen LogP contribution in [0.1, 0.15) is 19.8 Å². The van der Waals surface area contributed by atoms with Crippen molar-refractivity contribution in [3.8, 4) is 0 Å². The Morgan fingerprint density at radius 1 is 1.62 bits per heavy atom. The summed E-state index contributed by atoms with van der Waals surface area (Å²) in [6.07, 6.45) is 4.16. The Labute approximate surface area is 98.1 Å². The summed E-state index contributed by atoms with van der Waals surface area (Å²) in [4.78, 5) is 15.8. The number of likely N-dealkylation sites (N-methyl/N-ethyl adjacent to an activating group) is 1. The van der Waals surface area contributed by atoms with E-state index in [-0.39, 0.29) is 5.91 Å². The second kappa shape index (κ2) is 6.66. The number of carbonyl (C=O) groups is 1. The van der Waals surface area contributed by atoms with Gasteiger partial charge in [0.1, 0.15) is 0 Å². The molecule has 0 bridgehead atoms. The van der Waals surface area contributed by atoms with Gasteiger partial charge in [0.15, 0.2) is 0 Å². The van der Waals surface area contributed by atoms with E-state index in [0.717, 1.165) is 32.5 Å². The molecule has 1 heterocycles. The van der Waals surface area contributed by atoms with Crippen LogP contribution in [0.3, 0.4) is 0 Å². The van der Waals surface area contributed by atoms with Crippen molar-refractivity contribution in [2.75, 3.05) is 39.8 Å². The van der Waals surface area contributed by atoms with Crippen molar-refractivity contribution in [2.45, 2.75) is 19.8 Å². The average Bonchev–Trinajstić information content (AvgIpc) is 2.29. The second-order valence-electron chi connectivity index (χ2n) is 4.49.